The molecule has 0 fully saturated rings. The molecule has 1 aromatic rings. The van der Waals surface area contributed by atoms with E-state index in [2.05, 4.69) is 19.2 Å². The molecule has 1 amide bonds. The molecular weight excluding hydrogens is 268 g/mol. The topological polar surface area (TPSA) is 73.6 Å². The van der Waals surface area contributed by atoms with E-state index in [4.69, 9.17) is 15.2 Å². The van der Waals surface area contributed by atoms with Gasteiger partial charge in [-0.2, -0.15) is 0 Å². The highest BCUT2D eigenvalue weighted by molar-refractivity contribution is 5.92. The van der Waals surface area contributed by atoms with Crippen molar-refractivity contribution in [2.24, 2.45) is 17.6 Å². The van der Waals surface area contributed by atoms with Crippen molar-refractivity contribution >= 4 is 11.6 Å². The van der Waals surface area contributed by atoms with E-state index >= 15 is 0 Å². The maximum absolute atomic E-state index is 12.2. The van der Waals surface area contributed by atoms with E-state index in [0.717, 1.165) is 6.42 Å². The van der Waals surface area contributed by atoms with Crippen LogP contribution in [0.2, 0.25) is 0 Å². The van der Waals surface area contributed by atoms with Crippen LogP contribution in [0, 0.1) is 11.8 Å². The van der Waals surface area contributed by atoms with E-state index in [1.807, 2.05) is 0 Å². The summed E-state index contributed by atoms with van der Waals surface area (Å²) in [6, 6.07) is 5.30. The molecule has 3 N–H and O–H groups in total. The lowest BCUT2D eigenvalue weighted by molar-refractivity contribution is -0.117. The van der Waals surface area contributed by atoms with Crippen molar-refractivity contribution in [3.8, 4) is 11.5 Å². The van der Waals surface area contributed by atoms with Gasteiger partial charge in [0.1, 0.15) is 11.5 Å². The number of nitrogens with two attached hydrogens (primary N) is 1. The fourth-order valence-electron chi connectivity index (χ4n) is 2.30. The average molecular weight is 294 g/mol. The summed E-state index contributed by atoms with van der Waals surface area (Å²) in [5, 5.41) is 2.87. The van der Waals surface area contributed by atoms with Crippen LogP contribution in [0.1, 0.15) is 26.7 Å². The van der Waals surface area contributed by atoms with Gasteiger partial charge in [-0.05, 0) is 36.9 Å². The third-order valence-electron chi connectivity index (χ3n) is 3.29. The molecule has 1 atom stereocenters. The van der Waals surface area contributed by atoms with E-state index in [9.17, 15) is 4.79 Å². The highest BCUT2D eigenvalue weighted by atomic mass is 16.5. The first-order chi connectivity index (χ1) is 9.99. The van der Waals surface area contributed by atoms with Gasteiger partial charge in [0.25, 0.3) is 0 Å². The maximum atomic E-state index is 12.2. The van der Waals surface area contributed by atoms with E-state index in [-0.39, 0.29) is 11.8 Å². The van der Waals surface area contributed by atoms with Gasteiger partial charge in [0.2, 0.25) is 5.91 Å². The Balaban J connectivity index is 2.73. The number of carbonyl (C=O) groups excluding carboxylic acids is 1. The summed E-state index contributed by atoms with van der Waals surface area (Å²) in [5.41, 5.74) is 6.35. The number of ether oxygens (including phenoxy) is 2. The summed E-state index contributed by atoms with van der Waals surface area (Å²) in [5.74, 6) is 1.94. The third-order valence-corrected chi connectivity index (χ3v) is 3.29. The minimum absolute atomic E-state index is 0.0577. The Morgan fingerprint density at radius 1 is 1.29 bits per heavy atom. The smallest absolute Gasteiger partial charge is 0.224 e. The Kier molecular flexibility index (Phi) is 7.02. The average Bonchev–Trinajstić information content (AvgIpc) is 2.45. The zero-order valence-electron chi connectivity index (χ0n) is 13.3. The second kappa shape index (κ2) is 8.52. The Labute approximate surface area is 126 Å². The molecule has 0 radical (unpaired) electrons. The number of rotatable bonds is 8. The molecule has 118 valence electrons. The number of carbonyl (C=O) groups is 1. The minimum atomic E-state index is -0.0577. The van der Waals surface area contributed by atoms with Crippen molar-refractivity contribution < 1.29 is 14.3 Å². The minimum Gasteiger partial charge on any atom is -0.497 e. The molecule has 0 saturated heterocycles. The van der Waals surface area contributed by atoms with Crippen molar-refractivity contribution in [3.63, 3.8) is 0 Å². The summed E-state index contributed by atoms with van der Waals surface area (Å²) in [4.78, 5) is 12.2. The van der Waals surface area contributed by atoms with Gasteiger partial charge in [0.05, 0.1) is 19.9 Å². The molecule has 0 bridgehead atoms. The number of nitrogens with one attached hydrogen (secondary N) is 1. The molecule has 5 nitrogen and oxygen atoms in total. The number of anilines is 1. The van der Waals surface area contributed by atoms with Crippen LogP contribution in [0.5, 0.6) is 11.5 Å². The lowest BCUT2D eigenvalue weighted by Gasteiger charge is -2.17. The van der Waals surface area contributed by atoms with E-state index in [0.29, 0.717) is 36.1 Å². The van der Waals surface area contributed by atoms with Crippen LogP contribution in [0.3, 0.4) is 0 Å². The second-order valence-electron chi connectivity index (χ2n) is 5.55. The zero-order valence-corrected chi connectivity index (χ0v) is 13.3. The van der Waals surface area contributed by atoms with Gasteiger partial charge in [-0.3, -0.25) is 4.79 Å². The first-order valence-corrected chi connectivity index (χ1v) is 7.22. The van der Waals surface area contributed by atoms with Crippen molar-refractivity contribution in [1.82, 2.24) is 0 Å². The zero-order chi connectivity index (χ0) is 15.8. The Hall–Kier alpha value is -1.75. The number of amides is 1. The van der Waals surface area contributed by atoms with Crippen LogP contribution in [-0.2, 0) is 4.79 Å². The molecule has 0 heterocycles. The lowest BCUT2D eigenvalue weighted by atomic mass is 9.94. The van der Waals surface area contributed by atoms with Gasteiger partial charge >= 0.3 is 0 Å². The summed E-state index contributed by atoms with van der Waals surface area (Å²) >= 11 is 0. The third kappa shape index (κ3) is 5.63. The maximum Gasteiger partial charge on any atom is 0.224 e. The Bertz CT molecular complexity index is 461. The molecule has 0 aliphatic rings. The number of hydrogen-bond acceptors (Lipinski definition) is 4. The van der Waals surface area contributed by atoms with Crippen LogP contribution in [-0.4, -0.2) is 26.7 Å². The Morgan fingerprint density at radius 2 is 2.00 bits per heavy atom. The number of methoxy groups -OCH3 is 2. The van der Waals surface area contributed by atoms with Crippen molar-refractivity contribution in [3.05, 3.63) is 18.2 Å². The van der Waals surface area contributed by atoms with Crippen LogP contribution < -0.4 is 20.5 Å². The SMILES string of the molecule is COc1ccc(OC)c(NC(=O)C[C@@H](CN)CC(C)C)c1. The van der Waals surface area contributed by atoms with Gasteiger partial charge in [0, 0.05) is 12.5 Å². The molecule has 0 unspecified atom stereocenters. The fourth-order valence-corrected chi connectivity index (χ4v) is 2.30. The summed E-state index contributed by atoms with van der Waals surface area (Å²) in [7, 11) is 3.15. The monoisotopic (exact) mass is 294 g/mol. The van der Waals surface area contributed by atoms with Crippen molar-refractivity contribution in [2.75, 3.05) is 26.1 Å². The standard InChI is InChI=1S/C16H26N2O3/c1-11(2)7-12(10-17)8-16(19)18-14-9-13(20-3)5-6-15(14)21-4/h5-6,9,11-12H,7-8,10,17H2,1-4H3,(H,18,19)/t12-/m0/s1. The van der Waals surface area contributed by atoms with Crippen LogP contribution in [0.15, 0.2) is 18.2 Å². The summed E-state index contributed by atoms with van der Waals surface area (Å²) in [6.07, 6.45) is 1.36. The van der Waals surface area contributed by atoms with E-state index in [1.54, 1.807) is 32.4 Å². The molecular formula is C16H26N2O3. The van der Waals surface area contributed by atoms with Gasteiger partial charge in [-0.25, -0.2) is 0 Å². The first-order valence-electron chi connectivity index (χ1n) is 7.22. The predicted octanol–water partition coefficient (Wildman–Crippen LogP) is 2.65. The fraction of sp³-hybridized carbons (Fsp3) is 0.562. The predicted molar refractivity (Wildman–Crippen MR) is 84.8 cm³/mol. The molecule has 0 spiro atoms. The summed E-state index contributed by atoms with van der Waals surface area (Å²) < 4.78 is 10.4. The highest BCUT2D eigenvalue weighted by Crippen LogP contribution is 2.29. The van der Waals surface area contributed by atoms with Crippen LogP contribution >= 0.6 is 0 Å². The van der Waals surface area contributed by atoms with E-state index in [1.165, 1.54) is 0 Å². The Morgan fingerprint density at radius 3 is 2.52 bits per heavy atom. The normalized spacial score (nSPS) is 12.1. The highest BCUT2D eigenvalue weighted by Gasteiger charge is 2.16. The number of hydrogen-bond donors (Lipinski definition) is 2. The molecule has 1 aromatic carbocycles. The van der Waals surface area contributed by atoms with Crippen molar-refractivity contribution in [1.29, 1.82) is 0 Å². The van der Waals surface area contributed by atoms with Gasteiger partial charge < -0.3 is 20.5 Å². The van der Waals surface area contributed by atoms with Crippen molar-refractivity contribution in [2.45, 2.75) is 26.7 Å². The largest absolute Gasteiger partial charge is 0.497 e. The molecule has 21 heavy (non-hydrogen) atoms. The lowest BCUT2D eigenvalue weighted by Crippen LogP contribution is -2.23. The van der Waals surface area contributed by atoms with Gasteiger partial charge in [-0.15, -0.1) is 0 Å². The molecule has 0 aliphatic heterocycles. The van der Waals surface area contributed by atoms with E-state index < -0.39 is 0 Å². The first kappa shape index (κ1) is 17.3. The quantitative estimate of drug-likeness (QED) is 0.773. The second-order valence-corrected chi connectivity index (χ2v) is 5.55. The molecule has 0 aliphatic carbocycles. The summed E-state index contributed by atoms with van der Waals surface area (Å²) in [6.45, 7) is 4.78. The number of benzene rings is 1. The molecule has 1 rings (SSSR count). The molecule has 0 saturated carbocycles. The van der Waals surface area contributed by atoms with Crippen LogP contribution in [0.25, 0.3) is 0 Å². The molecule has 5 heteroatoms. The van der Waals surface area contributed by atoms with Gasteiger partial charge in [0.15, 0.2) is 0 Å². The van der Waals surface area contributed by atoms with Gasteiger partial charge in [-0.1, -0.05) is 13.8 Å². The van der Waals surface area contributed by atoms with Crippen LogP contribution in [0.4, 0.5) is 5.69 Å². The molecule has 0 aromatic heterocycles.